The minimum absolute atomic E-state index is 0.0826. The summed E-state index contributed by atoms with van der Waals surface area (Å²) in [6, 6.07) is 30.8. The predicted molar refractivity (Wildman–Crippen MR) is 147 cm³/mol. The maximum atomic E-state index is 12.7. The molecule has 5 rings (SSSR count). The number of fused-ring (bicyclic) bond motifs is 1. The topological polar surface area (TPSA) is 75.9 Å². The van der Waals surface area contributed by atoms with Crippen LogP contribution < -0.4 is 10.2 Å². The van der Waals surface area contributed by atoms with Gasteiger partial charge in [0.2, 0.25) is 0 Å². The molecule has 0 bridgehead atoms. The summed E-state index contributed by atoms with van der Waals surface area (Å²) < 4.78 is 8.03. The van der Waals surface area contributed by atoms with Crippen molar-refractivity contribution in [3.8, 4) is 17.2 Å². The van der Waals surface area contributed by atoms with E-state index in [1.165, 1.54) is 0 Å². The number of carbonyl (C=O) groups is 1. The Balaban J connectivity index is 1.27. The number of hydrogen-bond acceptors (Lipinski definition) is 4. The van der Waals surface area contributed by atoms with Gasteiger partial charge in [-0.3, -0.25) is 4.79 Å². The Hall–Kier alpha value is -4.84. The zero-order valence-corrected chi connectivity index (χ0v) is 20.7. The molecule has 5 aromatic rings. The molecule has 0 aliphatic rings. The Kier molecular flexibility index (Phi) is 6.72. The number of phenolic OH excluding ortho intramolecular Hbond substituents is 1. The van der Waals surface area contributed by atoms with Crippen molar-refractivity contribution < 1.29 is 14.6 Å². The van der Waals surface area contributed by atoms with Gasteiger partial charge in [-0.2, -0.15) is 5.10 Å². The van der Waals surface area contributed by atoms with Crippen molar-refractivity contribution in [2.24, 2.45) is 5.10 Å². The van der Waals surface area contributed by atoms with Gasteiger partial charge >= 0.3 is 0 Å². The fourth-order valence-electron chi connectivity index (χ4n) is 4.38. The molecule has 2 N–H and O–H groups in total. The summed E-state index contributed by atoms with van der Waals surface area (Å²) in [6.45, 7) is 4.55. The molecule has 0 aliphatic carbocycles. The Labute approximate surface area is 215 Å². The first kappa shape index (κ1) is 23.9. The fourth-order valence-corrected chi connectivity index (χ4v) is 4.38. The summed E-state index contributed by atoms with van der Waals surface area (Å²) in [5.41, 5.74) is 7.74. The van der Waals surface area contributed by atoms with Gasteiger partial charge in [0, 0.05) is 22.6 Å². The van der Waals surface area contributed by atoms with E-state index in [4.69, 9.17) is 4.74 Å². The summed E-state index contributed by atoms with van der Waals surface area (Å²) >= 11 is 0. The highest BCUT2D eigenvalue weighted by molar-refractivity contribution is 6.01. The van der Waals surface area contributed by atoms with Crippen LogP contribution in [0, 0.1) is 13.8 Å². The van der Waals surface area contributed by atoms with Crippen molar-refractivity contribution in [1.82, 2.24) is 9.99 Å². The lowest BCUT2D eigenvalue weighted by Gasteiger charge is -2.11. The minimum Gasteiger partial charge on any atom is -0.507 e. The first-order valence-corrected chi connectivity index (χ1v) is 12.0. The average molecular weight is 490 g/mol. The van der Waals surface area contributed by atoms with Crippen LogP contribution in [0.5, 0.6) is 11.5 Å². The Morgan fingerprint density at radius 1 is 0.919 bits per heavy atom. The smallest absolute Gasteiger partial charge is 0.275 e. The zero-order valence-electron chi connectivity index (χ0n) is 20.7. The summed E-state index contributed by atoms with van der Waals surface area (Å²) in [4.78, 5) is 12.7. The van der Waals surface area contributed by atoms with Crippen LogP contribution in [0.3, 0.4) is 0 Å². The number of hydrazone groups is 1. The van der Waals surface area contributed by atoms with Crippen LogP contribution >= 0.6 is 0 Å². The second-order valence-electron chi connectivity index (χ2n) is 8.85. The van der Waals surface area contributed by atoms with Crippen molar-refractivity contribution in [2.45, 2.75) is 20.5 Å². The van der Waals surface area contributed by atoms with E-state index in [9.17, 15) is 9.90 Å². The van der Waals surface area contributed by atoms with E-state index >= 15 is 0 Å². The highest BCUT2D eigenvalue weighted by Crippen LogP contribution is 2.25. The van der Waals surface area contributed by atoms with Gasteiger partial charge in [0.25, 0.3) is 5.91 Å². The first-order valence-electron chi connectivity index (χ1n) is 12.0. The molecule has 0 saturated heterocycles. The fraction of sp³-hybridized carbons (Fsp3) is 0.0968. The van der Waals surface area contributed by atoms with Crippen LogP contribution in [-0.4, -0.2) is 21.8 Å². The third-order valence-electron chi connectivity index (χ3n) is 6.29. The third-order valence-corrected chi connectivity index (χ3v) is 6.29. The lowest BCUT2D eigenvalue weighted by molar-refractivity contribution is 0.0952. The van der Waals surface area contributed by atoms with E-state index in [1.54, 1.807) is 18.3 Å². The molecule has 0 radical (unpaired) electrons. The molecule has 0 fully saturated rings. The monoisotopic (exact) mass is 489 g/mol. The van der Waals surface area contributed by atoms with Gasteiger partial charge in [-0.15, -0.1) is 0 Å². The van der Waals surface area contributed by atoms with Gasteiger partial charge in [0.05, 0.1) is 11.8 Å². The number of aromatic hydroxyl groups is 1. The predicted octanol–water partition coefficient (Wildman–Crippen LogP) is 6.30. The number of hydrogen-bond donors (Lipinski definition) is 2. The van der Waals surface area contributed by atoms with Gasteiger partial charge in [0.15, 0.2) is 0 Å². The highest BCUT2D eigenvalue weighted by atomic mass is 16.5. The largest absolute Gasteiger partial charge is 0.507 e. The normalized spacial score (nSPS) is 11.2. The van der Waals surface area contributed by atoms with Gasteiger partial charge < -0.3 is 14.4 Å². The Bertz CT molecular complexity index is 1590. The minimum atomic E-state index is -0.473. The van der Waals surface area contributed by atoms with Gasteiger partial charge in [-0.25, -0.2) is 5.43 Å². The zero-order chi connectivity index (χ0) is 25.8. The number of benzene rings is 4. The standard InChI is InChI=1S/C31H27N3O3/c1-21-16-26(19-32-33-31(36)29-17-24-10-6-7-11-25(24)18-30(29)35)22(2)34(21)27-12-14-28(15-13-27)37-20-23-8-4-3-5-9-23/h3-19,35H,20H2,1-2H3,(H,33,36). The average Bonchev–Trinajstić information content (AvgIpc) is 3.20. The highest BCUT2D eigenvalue weighted by Gasteiger charge is 2.13. The van der Waals surface area contributed by atoms with E-state index in [-0.39, 0.29) is 11.3 Å². The van der Waals surface area contributed by atoms with E-state index in [1.807, 2.05) is 98.8 Å². The molecule has 6 nitrogen and oxygen atoms in total. The molecule has 0 unspecified atom stereocenters. The van der Waals surface area contributed by atoms with E-state index in [2.05, 4.69) is 15.1 Å². The van der Waals surface area contributed by atoms with Crippen molar-refractivity contribution in [3.63, 3.8) is 0 Å². The molecular weight excluding hydrogens is 462 g/mol. The third kappa shape index (κ3) is 5.23. The van der Waals surface area contributed by atoms with Crippen LogP contribution in [0.25, 0.3) is 16.5 Å². The Morgan fingerprint density at radius 3 is 2.32 bits per heavy atom. The molecule has 37 heavy (non-hydrogen) atoms. The lowest BCUT2D eigenvalue weighted by atomic mass is 10.1. The van der Waals surface area contributed by atoms with Crippen molar-refractivity contribution in [2.75, 3.05) is 0 Å². The Morgan fingerprint density at radius 2 is 1.59 bits per heavy atom. The summed E-state index contributed by atoms with van der Waals surface area (Å²) in [5, 5.41) is 16.2. The van der Waals surface area contributed by atoms with Crippen molar-refractivity contribution in [3.05, 3.63) is 125 Å². The molecule has 0 spiro atoms. The number of aromatic nitrogens is 1. The SMILES string of the molecule is Cc1cc(C=NNC(=O)c2cc3ccccc3cc2O)c(C)n1-c1ccc(OCc2ccccc2)cc1. The molecule has 184 valence electrons. The maximum Gasteiger partial charge on any atom is 0.275 e. The summed E-state index contributed by atoms with van der Waals surface area (Å²) in [5.74, 6) is 0.247. The molecule has 1 aromatic heterocycles. The number of phenols is 1. The molecule has 0 aliphatic heterocycles. The number of aryl methyl sites for hydroxylation is 1. The molecular formula is C31H27N3O3. The molecule has 1 heterocycles. The lowest BCUT2D eigenvalue weighted by Crippen LogP contribution is -2.17. The van der Waals surface area contributed by atoms with Gasteiger partial charge in [-0.1, -0.05) is 54.6 Å². The van der Waals surface area contributed by atoms with Crippen LogP contribution in [0.2, 0.25) is 0 Å². The molecule has 0 saturated carbocycles. The number of amides is 1. The quantitative estimate of drug-likeness (QED) is 0.208. The van der Waals surface area contributed by atoms with Crippen LogP contribution in [0.15, 0.2) is 102 Å². The van der Waals surface area contributed by atoms with E-state index in [0.29, 0.717) is 6.61 Å². The van der Waals surface area contributed by atoms with Crippen LogP contribution in [-0.2, 0) is 6.61 Å². The molecule has 0 atom stereocenters. The van der Waals surface area contributed by atoms with E-state index in [0.717, 1.165) is 44.7 Å². The molecule has 4 aromatic carbocycles. The van der Waals surface area contributed by atoms with Crippen molar-refractivity contribution in [1.29, 1.82) is 0 Å². The number of rotatable bonds is 7. The van der Waals surface area contributed by atoms with Crippen LogP contribution in [0.4, 0.5) is 0 Å². The number of nitrogens with zero attached hydrogens (tertiary/aromatic N) is 2. The molecule has 6 heteroatoms. The summed E-state index contributed by atoms with van der Waals surface area (Å²) in [6.07, 6.45) is 1.62. The second-order valence-corrected chi connectivity index (χ2v) is 8.85. The van der Waals surface area contributed by atoms with Crippen LogP contribution in [0.1, 0.15) is 32.9 Å². The first-order chi connectivity index (χ1) is 18.0. The molecule has 1 amide bonds. The van der Waals surface area contributed by atoms with Crippen molar-refractivity contribution >= 4 is 22.9 Å². The maximum absolute atomic E-state index is 12.7. The second kappa shape index (κ2) is 10.4. The number of nitrogens with one attached hydrogen (secondary N) is 1. The summed E-state index contributed by atoms with van der Waals surface area (Å²) in [7, 11) is 0. The van der Waals surface area contributed by atoms with E-state index < -0.39 is 5.91 Å². The number of ether oxygens (including phenoxy) is 1. The van der Waals surface area contributed by atoms with Gasteiger partial charge in [-0.05, 0) is 72.6 Å². The van der Waals surface area contributed by atoms with Gasteiger partial charge in [0.1, 0.15) is 18.1 Å². The number of carbonyl (C=O) groups excluding carboxylic acids is 1.